The molecule has 0 saturated heterocycles. The number of carboxylic acid groups (broad SMARTS) is 1. The van der Waals surface area contributed by atoms with Crippen LogP contribution < -0.4 is 10.1 Å². The molecule has 0 fully saturated rings. The lowest BCUT2D eigenvalue weighted by Crippen LogP contribution is -2.43. The topological polar surface area (TPSA) is 75.6 Å². The molecule has 0 radical (unpaired) electrons. The van der Waals surface area contributed by atoms with Gasteiger partial charge in [0.15, 0.2) is 0 Å². The van der Waals surface area contributed by atoms with E-state index in [-0.39, 0.29) is 12.8 Å². The highest BCUT2D eigenvalue weighted by Crippen LogP contribution is 2.29. The summed E-state index contributed by atoms with van der Waals surface area (Å²) >= 11 is 6.10. The van der Waals surface area contributed by atoms with E-state index in [9.17, 15) is 14.7 Å². The molecule has 0 heterocycles. The third-order valence-electron chi connectivity index (χ3n) is 3.60. The highest BCUT2D eigenvalue weighted by atomic mass is 35.5. The summed E-state index contributed by atoms with van der Waals surface area (Å²) in [4.78, 5) is 23.8. The number of nitrogens with one attached hydrogen (secondary N) is 1. The lowest BCUT2D eigenvalue weighted by atomic mass is 10.1. The zero-order chi connectivity index (χ0) is 18.2. The molecule has 5 nitrogen and oxygen atoms in total. The second-order valence-corrected chi connectivity index (χ2v) is 5.89. The van der Waals surface area contributed by atoms with Crippen molar-refractivity contribution in [2.75, 3.05) is 6.61 Å². The molecule has 0 saturated carbocycles. The smallest absolute Gasteiger partial charge is 0.326 e. The summed E-state index contributed by atoms with van der Waals surface area (Å²) in [5, 5.41) is 12.4. The summed E-state index contributed by atoms with van der Waals surface area (Å²) < 4.78 is 5.49. The van der Waals surface area contributed by atoms with Crippen LogP contribution in [0.15, 0.2) is 48.5 Å². The molecule has 2 aromatic rings. The van der Waals surface area contributed by atoms with Crippen molar-refractivity contribution in [1.29, 1.82) is 0 Å². The van der Waals surface area contributed by atoms with Gasteiger partial charge >= 0.3 is 5.97 Å². The first kappa shape index (κ1) is 18.8. The minimum atomic E-state index is -1.08. The monoisotopic (exact) mass is 361 g/mol. The van der Waals surface area contributed by atoms with Crippen LogP contribution in [0.2, 0.25) is 5.02 Å². The van der Waals surface area contributed by atoms with Crippen molar-refractivity contribution in [2.24, 2.45) is 0 Å². The molecule has 2 rings (SSSR count). The number of benzene rings is 2. The van der Waals surface area contributed by atoms with Crippen molar-refractivity contribution in [3.8, 4) is 5.75 Å². The van der Waals surface area contributed by atoms with Crippen LogP contribution in [-0.2, 0) is 22.4 Å². The summed E-state index contributed by atoms with van der Waals surface area (Å²) in [5.41, 5.74) is 1.46. The van der Waals surface area contributed by atoms with E-state index in [1.807, 2.05) is 37.3 Å². The Kier molecular flexibility index (Phi) is 6.83. The molecule has 2 N–H and O–H groups in total. The van der Waals surface area contributed by atoms with Crippen molar-refractivity contribution in [1.82, 2.24) is 5.32 Å². The van der Waals surface area contributed by atoms with Crippen LogP contribution >= 0.6 is 11.6 Å². The molecule has 6 heteroatoms. The number of halogens is 1. The summed E-state index contributed by atoms with van der Waals surface area (Å²) in [6, 6.07) is 13.3. The molecule has 1 unspecified atom stereocenters. The van der Waals surface area contributed by atoms with Gasteiger partial charge in [0.05, 0.1) is 18.1 Å². The Bertz CT molecular complexity index is 733. The summed E-state index contributed by atoms with van der Waals surface area (Å²) in [6.07, 6.45) is 0.213. The van der Waals surface area contributed by atoms with Gasteiger partial charge in [0.25, 0.3) is 0 Å². The Morgan fingerprint density at radius 2 is 1.88 bits per heavy atom. The molecule has 25 heavy (non-hydrogen) atoms. The molecule has 0 spiro atoms. The summed E-state index contributed by atoms with van der Waals surface area (Å²) in [6.45, 7) is 2.25. The Labute approximate surface area is 151 Å². The molecule has 132 valence electrons. The zero-order valence-electron chi connectivity index (χ0n) is 13.9. The molecule has 1 atom stereocenters. The average molecular weight is 362 g/mol. The average Bonchev–Trinajstić information content (AvgIpc) is 2.58. The van der Waals surface area contributed by atoms with Gasteiger partial charge in [-0.15, -0.1) is 0 Å². The zero-order valence-corrected chi connectivity index (χ0v) is 14.6. The lowest BCUT2D eigenvalue weighted by molar-refractivity contribution is -0.141. The van der Waals surface area contributed by atoms with E-state index < -0.39 is 17.9 Å². The van der Waals surface area contributed by atoms with Crippen LogP contribution in [0.1, 0.15) is 18.1 Å². The first-order valence-corrected chi connectivity index (χ1v) is 8.35. The SMILES string of the molecule is CCOc1c(Cl)cccc1CC(=O)NC(Cc1ccccc1)C(=O)O. The minimum Gasteiger partial charge on any atom is -0.492 e. The van der Waals surface area contributed by atoms with E-state index in [2.05, 4.69) is 5.32 Å². The molecule has 0 aliphatic rings. The van der Waals surface area contributed by atoms with Gasteiger partial charge in [0, 0.05) is 12.0 Å². The normalized spacial score (nSPS) is 11.6. The summed E-state index contributed by atoms with van der Waals surface area (Å²) in [7, 11) is 0. The van der Waals surface area contributed by atoms with Crippen molar-refractivity contribution < 1.29 is 19.4 Å². The van der Waals surface area contributed by atoms with Crippen molar-refractivity contribution in [3.05, 3.63) is 64.7 Å². The molecule has 1 amide bonds. The van der Waals surface area contributed by atoms with Gasteiger partial charge in [-0.2, -0.15) is 0 Å². The number of rotatable bonds is 8. The lowest BCUT2D eigenvalue weighted by Gasteiger charge is -2.16. The van der Waals surface area contributed by atoms with Crippen LogP contribution in [0.3, 0.4) is 0 Å². The fourth-order valence-electron chi connectivity index (χ4n) is 2.47. The largest absolute Gasteiger partial charge is 0.492 e. The van der Waals surface area contributed by atoms with E-state index in [1.54, 1.807) is 18.2 Å². The fraction of sp³-hybridized carbons (Fsp3) is 0.263. The maximum absolute atomic E-state index is 12.3. The van der Waals surface area contributed by atoms with Crippen LogP contribution in [0, 0.1) is 0 Å². The number of aliphatic carboxylic acids is 1. The first-order chi connectivity index (χ1) is 12.0. The third kappa shape index (κ3) is 5.50. The first-order valence-electron chi connectivity index (χ1n) is 7.97. The third-order valence-corrected chi connectivity index (χ3v) is 3.90. The minimum absolute atomic E-state index is 0.00549. The van der Waals surface area contributed by atoms with E-state index in [1.165, 1.54) is 0 Å². The van der Waals surface area contributed by atoms with E-state index in [4.69, 9.17) is 16.3 Å². The predicted molar refractivity (Wildman–Crippen MR) is 96.0 cm³/mol. The number of carbonyl (C=O) groups excluding carboxylic acids is 1. The highest BCUT2D eigenvalue weighted by Gasteiger charge is 2.21. The van der Waals surface area contributed by atoms with Gasteiger partial charge in [0.1, 0.15) is 11.8 Å². The molecule has 0 aliphatic carbocycles. The number of hydrogen-bond donors (Lipinski definition) is 2. The second kappa shape index (κ2) is 9.08. The Morgan fingerprint density at radius 3 is 2.52 bits per heavy atom. The molecule has 0 aliphatic heterocycles. The van der Waals surface area contributed by atoms with Crippen LogP contribution in [-0.4, -0.2) is 29.6 Å². The molecule has 2 aromatic carbocycles. The molecule has 0 bridgehead atoms. The standard InChI is InChI=1S/C19H20ClNO4/c1-2-25-18-14(9-6-10-15(18)20)12-17(22)21-16(19(23)24)11-13-7-4-3-5-8-13/h3-10,16H,2,11-12H2,1H3,(H,21,22)(H,23,24). The molecular formula is C19H20ClNO4. The van der Waals surface area contributed by atoms with Crippen molar-refractivity contribution in [2.45, 2.75) is 25.8 Å². The van der Waals surface area contributed by atoms with Crippen LogP contribution in [0.4, 0.5) is 0 Å². The van der Waals surface area contributed by atoms with Gasteiger partial charge in [-0.1, -0.05) is 54.1 Å². The number of para-hydroxylation sites is 1. The highest BCUT2D eigenvalue weighted by molar-refractivity contribution is 6.32. The number of carboxylic acids is 1. The quantitative estimate of drug-likeness (QED) is 0.757. The summed E-state index contributed by atoms with van der Waals surface area (Å²) in [5.74, 6) is -1.02. The van der Waals surface area contributed by atoms with Gasteiger partial charge in [-0.3, -0.25) is 4.79 Å². The van der Waals surface area contributed by atoms with Gasteiger partial charge < -0.3 is 15.2 Å². The fourth-order valence-corrected chi connectivity index (χ4v) is 2.72. The Hall–Kier alpha value is -2.53. The Morgan fingerprint density at radius 1 is 1.16 bits per heavy atom. The maximum atomic E-state index is 12.3. The van der Waals surface area contributed by atoms with Gasteiger partial charge in [-0.25, -0.2) is 4.79 Å². The number of amides is 1. The number of carbonyl (C=O) groups is 2. The van der Waals surface area contributed by atoms with E-state index in [0.717, 1.165) is 5.56 Å². The predicted octanol–water partition coefficient (Wildman–Crippen LogP) is 3.09. The Balaban J connectivity index is 2.07. The van der Waals surface area contributed by atoms with Crippen LogP contribution in [0.25, 0.3) is 0 Å². The molecule has 0 aromatic heterocycles. The second-order valence-electron chi connectivity index (χ2n) is 5.49. The van der Waals surface area contributed by atoms with E-state index in [0.29, 0.717) is 22.9 Å². The van der Waals surface area contributed by atoms with E-state index >= 15 is 0 Å². The maximum Gasteiger partial charge on any atom is 0.326 e. The number of ether oxygens (including phenoxy) is 1. The molecular weight excluding hydrogens is 342 g/mol. The van der Waals surface area contributed by atoms with Crippen molar-refractivity contribution in [3.63, 3.8) is 0 Å². The number of hydrogen-bond acceptors (Lipinski definition) is 3. The van der Waals surface area contributed by atoms with Crippen LogP contribution in [0.5, 0.6) is 5.75 Å². The van der Waals surface area contributed by atoms with Gasteiger partial charge in [-0.05, 0) is 18.6 Å². The van der Waals surface area contributed by atoms with Crippen molar-refractivity contribution >= 4 is 23.5 Å². The van der Waals surface area contributed by atoms with Gasteiger partial charge in [0.2, 0.25) is 5.91 Å².